The van der Waals surface area contributed by atoms with E-state index in [4.69, 9.17) is 5.11 Å². The van der Waals surface area contributed by atoms with Crippen LogP contribution >= 0.6 is 0 Å². The Morgan fingerprint density at radius 2 is 2.33 bits per heavy atom. The minimum absolute atomic E-state index is 0. The van der Waals surface area contributed by atoms with Crippen molar-refractivity contribution < 1.29 is 31.0 Å². The molecule has 48 valence electrons. The summed E-state index contributed by atoms with van der Waals surface area (Å²) in [5.41, 5.74) is 0.227. The number of carboxylic acid groups (broad SMARTS) is 1. The molecule has 1 aromatic heterocycles. The van der Waals surface area contributed by atoms with Crippen LogP contribution in [-0.4, -0.2) is 16.1 Å². The van der Waals surface area contributed by atoms with Gasteiger partial charge in [-0.15, -0.1) is 0 Å². The predicted molar refractivity (Wildman–Crippen MR) is 27.8 cm³/mol. The van der Waals surface area contributed by atoms with Gasteiger partial charge in [0.15, 0.2) is 0 Å². The standard InChI is InChI=1S/C5H5NO2.W/c7-5(8)4-2-1-3-6-4;/h1-3,6H,(H,7,8);. The Bertz CT molecular complexity index is 183. The molecule has 0 fully saturated rings. The molecule has 0 aliphatic rings. The van der Waals surface area contributed by atoms with Crippen LogP contribution in [0.4, 0.5) is 0 Å². The van der Waals surface area contributed by atoms with Gasteiger partial charge in [-0.1, -0.05) is 0 Å². The Kier molecular flexibility index (Phi) is 3.25. The second-order valence-electron chi connectivity index (χ2n) is 1.39. The number of aromatic amines is 1. The normalized spacial score (nSPS) is 8.00. The molecule has 1 aromatic rings. The fourth-order valence-electron chi connectivity index (χ4n) is 0.463. The molecule has 0 aromatic carbocycles. The van der Waals surface area contributed by atoms with Gasteiger partial charge in [-0.25, -0.2) is 4.79 Å². The summed E-state index contributed by atoms with van der Waals surface area (Å²) in [6.07, 6.45) is 1.57. The Morgan fingerprint density at radius 3 is 2.56 bits per heavy atom. The zero-order chi connectivity index (χ0) is 5.98. The average Bonchev–Trinajstić information content (AvgIpc) is 2.12. The number of hydrogen-bond donors (Lipinski definition) is 2. The molecule has 3 nitrogen and oxygen atoms in total. The minimum atomic E-state index is -0.921. The van der Waals surface area contributed by atoms with E-state index in [1.165, 1.54) is 6.07 Å². The molecule has 9 heavy (non-hydrogen) atoms. The van der Waals surface area contributed by atoms with Crippen LogP contribution in [0.15, 0.2) is 18.3 Å². The molecule has 1 heterocycles. The van der Waals surface area contributed by atoms with E-state index in [1.807, 2.05) is 0 Å². The van der Waals surface area contributed by atoms with Gasteiger partial charge in [0.25, 0.3) is 0 Å². The first-order valence-corrected chi connectivity index (χ1v) is 2.17. The molecule has 0 atom stereocenters. The predicted octanol–water partition coefficient (Wildman–Crippen LogP) is 0.710. The van der Waals surface area contributed by atoms with Gasteiger partial charge in [0.2, 0.25) is 0 Å². The quantitative estimate of drug-likeness (QED) is 0.802. The van der Waals surface area contributed by atoms with Gasteiger partial charge in [0.05, 0.1) is 0 Å². The van der Waals surface area contributed by atoms with E-state index in [-0.39, 0.29) is 26.8 Å². The van der Waals surface area contributed by atoms with Gasteiger partial charge in [-0.2, -0.15) is 0 Å². The van der Waals surface area contributed by atoms with E-state index in [1.54, 1.807) is 12.3 Å². The van der Waals surface area contributed by atoms with Crippen LogP contribution in [0.2, 0.25) is 0 Å². The number of nitrogens with one attached hydrogen (secondary N) is 1. The summed E-state index contributed by atoms with van der Waals surface area (Å²) in [7, 11) is 0. The van der Waals surface area contributed by atoms with Gasteiger partial charge in [0, 0.05) is 27.3 Å². The van der Waals surface area contributed by atoms with Crippen LogP contribution in [0.5, 0.6) is 0 Å². The van der Waals surface area contributed by atoms with Crippen molar-refractivity contribution in [3.63, 3.8) is 0 Å². The van der Waals surface area contributed by atoms with Gasteiger partial charge >= 0.3 is 5.97 Å². The molecular formula is C5H5NO2W. The van der Waals surface area contributed by atoms with Crippen molar-refractivity contribution in [2.45, 2.75) is 0 Å². The number of aromatic carboxylic acids is 1. The second kappa shape index (κ2) is 3.46. The Balaban J connectivity index is 0.000000640. The maximum atomic E-state index is 10.0. The van der Waals surface area contributed by atoms with E-state index in [0.29, 0.717) is 0 Å². The van der Waals surface area contributed by atoms with Crippen molar-refractivity contribution in [2.24, 2.45) is 0 Å². The fourth-order valence-corrected chi connectivity index (χ4v) is 0.463. The summed E-state index contributed by atoms with van der Waals surface area (Å²) < 4.78 is 0. The maximum Gasteiger partial charge on any atom is 0.352 e. The first-order chi connectivity index (χ1) is 3.80. The average molecular weight is 295 g/mol. The molecule has 1 rings (SSSR count). The van der Waals surface area contributed by atoms with Crippen LogP contribution in [0.1, 0.15) is 10.5 Å². The molecule has 0 unspecified atom stereocenters. The summed E-state index contributed by atoms with van der Waals surface area (Å²) in [6, 6.07) is 3.14. The topological polar surface area (TPSA) is 53.1 Å². The molecule has 0 saturated heterocycles. The summed E-state index contributed by atoms with van der Waals surface area (Å²) in [4.78, 5) is 12.6. The van der Waals surface area contributed by atoms with Gasteiger partial charge < -0.3 is 10.1 Å². The molecule has 0 aliphatic carbocycles. The second-order valence-corrected chi connectivity index (χ2v) is 1.39. The third-order valence-electron chi connectivity index (χ3n) is 0.828. The molecular weight excluding hydrogens is 290 g/mol. The number of carboxylic acids is 1. The molecule has 2 N–H and O–H groups in total. The van der Waals surface area contributed by atoms with Crippen molar-refractivity contribution in [2.75, 3.05) is 0 Å². The van der Waals surface area contributed by atoms with Crippen LogP contribution in [0.3, 0.4) is 0 Å². The Labute approximate surface area is 66.3 Å². The monoisotopic (exact) mass is 295 g/mol. The van der Waals surface area contributed by atoms with Crippen molar-refractivity contribution in [3.8, 4) is 0 Å². The SMILES string of the molecule is O=C(O)c1ccc[nH]1.[W]. The smallest absolute Gasteiger partial charge is 0.352 e. The fraction of sp³-hybridized carbons (Fsp3) is 0. The van der Waals surface area contributed by atoms with Gasteiger partial charge in [0.1, 0.15) is 5.69 Å². The van der Waals surface area contributed by atoms with E-state index < -0.39 is 5.97 Å². The molecule has 0 saturated carbocycles. The van der Waals surface area contributed by atoms with Crippen LogP contribution in [0.25, 0.3) is 0 Å². The third kappa shape index (κ3) is 2.02. The Hall–Kier alpha value is -0.562. The van der Waals surface area contributed by atoms with E-state index in [0.717, 1.165) is 0 Å². The van der Waals surface area contributed by atoms with E-state index in [2.05, 4.69) is 4.98 Å². The van der Waals surface area contributed by atoms with Crippen molar-refractivity contribution in [1.29, 1.82) is 0 Å². The summed E-state index contributed by atoms with van der Waals surface area (Å²) in [6.45, 7) is 0. The molecule has 4 heteroatoms. The molecule has 0 radical (unpaired) electrons. The van der Waals surface area contributed by atoms with Crippen molar-refractivity contribution in [3.05, 3.63) is 24.0 Å². The van der Waals surface area contributed by atoms with Gasteiger partial charge in [-0.05, 0) is 12.1 Å². The van der Waals surface area contributed by atoms with Crippen molar-refractivity contribution in [1.82, 2.24) is 4.98 Å². The van der Waals surface area contributed by atoms with Gasteiger partial charge in [-0.3, -0.25) is 0 Å². The Morgan fingerprint density at radius 1 is 1.67 bits per heavy atom. The molecule has 0 aliphatic heterocycles. The van der Waals surface area contributed by atoms with Crippen LogP contribution in [-0.2, 0) is 21.1 Å². The number of H-pyrrole nitrogens is 1. The maximum absolute atomic E-state index is 10.0. The summed E-state index contributed by atoms with van der Waals surface area (Å²) in [5, 5.41) is 8.24. The molecule has 0 spiro atoms. The zero-order valence-electron chi connectivity index (χ0n) is 4.50. The molecule has 0 bridgehead atoms. The largest absolute Gasteiger partial charge is 0.477 e. The van der Waals surface area contributed by atoms with Crippen LogP contribution in [0, 0.1) is 0 Å². The van der Waals surface area contributed by atoms with E-state index in [9.17, 15) is 4.79 Å². The first kappa shape index (κ1) is 8.44. The number of rotatable bonds is 1. The van der Waals surface area contributed by atoms with Crippen LogP contribution < -0.4 is 0 Å². The number of carbonyl (C=O) groups is 1. The minimum Gasteiger partial charge on any atom is -0.477 e. The molecule has 0 amide bonds. The third-order valence-corrected chi connectivity index (χ3v) is 0.828. The first-order valence-electron chi connectivity index (χ1n) is 2.17. The zero-order valence-corrected chi connectivity index (χ0v) is 7.43. The summed E-state index contributed by atoms with van der Waals surface area (Å²) >= 11 is 0. The summed E-state index contributed by atoms with van der Waals surface area (Å²) in [5.74, 6) is -0.921. The van der Waals surface area contributed by atoms with E-state index >= 15 is 0 Å². The number of aromatic nitrogens is 1. The van der Waals surface area contributed by atoms with Crippen molar-refractivity contribution >= 4 is 5.97 Å². The number of hydrogen-bond acceptors (Lipinski definition) is 1.